The third kappa shape index (κ3) is 3.54. The molecule has 2 aromatic rings. The Morgan fingerprint density at radius 2 is 2.12 bits per heavy atom. The summed E-state index contributed by atoms with van der Waals surface area (Å²) in [4.78, 5) is 14.5. The molecule has 1 aromatic heterocycles. The normalized spacial score (nSPS) is 16.0. The highest BCUT2D eigenvalue weighted by molar-refractivity contribution is 5.94. The molecule has 1 unspecified atom stereocenters. The molecule has 0 radical (unpaired) electrons. The molecule has 0 aliphatic carbocycles. The number of rotatable bonds is 6. The van der Waals surface area contributed by atoms with Crippen molar-refractivity contribution in [2.75, 3.05) is 19.7 Å². The van der Waals surface area contributed by atoms with Crippen LogP contribution < -0.4 is 15.2 Å². The summed E-state index contributed by atoms with van der Waals surface area (Å²) >= 11 is 0. The van der Waals surface area contributed by atoms with Crippen molar-refractivity contribution in [2.24, 2.45) is 5.73 Å². The van der Waals surface area contributed by atoms with Crippen molar-refractivity contribution in [3.63, 3.8) is 0 Å². The molecule has 0 bridgehead atoms. The molecule has 128 valence electrons. The smallest absolute Gasteiger partial charge is 0.257 e. The zero-order valence-electron chi connectivity index (χ0n) is 13.7. The first-order chi connectivity index (χ1) is 11.7. The summed E-state index contributed by atoms with van der Waals surface area (Å²) in [6, 6.07) is 9.25. The lowest BCUT2D eigenvalue weighted by Gasteiger charge is -2.31. The molecule has 6 heteroatoms. The standard InChI is InChI=1S/C18H22N2O4/c1-2-7-20(18(21)13-8-14(9-19)22-11-13)10-15-12-23-16-5-3-4-6-17(16)24-15/h3-6,8,11,15H,2,7,9-10,12,19H2,1H3. The van der Waals surface area contributed by atoms with Gasteiger partial charge in [0.05, 0.1) is 18.7 Å². The predicted octanol–water partition coefficient (Wildman–Crippen LogP) is 2.43. The van der Waals surface area contributed by atoms with E-state index in [2.05, 4.69) is 0 Å². The fourth-order valence-electron chi connectivity index (χ4n) is 2.73. The summed E-state index contributed by atoms with van der Waals surface area (Å²) in [6.07, 6.45) is 2.12. The van der Waals surface area contributed by atoms with E-state index in [-0.39, 0.29) is 18.6 Å². The number of carbonyl (C=O) groups is 1. The van der Waals surface area contributed by atoms with E-state index in [0.29, 0.717) is 36.8 Å². The maximum atomic E-state index is 12.7. The number of furan rings is 1. The van der Waals surface area contributed by atoms with E-state index in [9.17, 15) is 4.79 Å². The number of amides is 1. The lowest BCUT2D eigenvalue weighted by Crippen LogP contribution is -2.44. The molecule has 2 N–H and O–H groups in total. The summed E-state index contributed by atoms with van der Waals surface area (Å²) in [5, 5.41) is 0. The maximum absolute atomic E-state index is 12.7. The van der Waals surface area contributed by atoms with Gasteiger partial charge in [-0.1, -0.05) is 19.1 Å². The largest absolute Gasteiger partial charge is 0.486 e. The van der Waals surface area contributed by atoms with Gasteiger partial charge in [-0.3, -0.25) is 4.79 Å². The number of hydrogen-bond donors (Lipinski definition) is 1. The van der Waals surface area contributed by atoms with Crippen molar-refractivity contribution in [3.05, 3.63) is 47.9 Å². The SMILES string of the molecule is CCCN(CC1COc2ccccc2O1)C(=O)c1coc(CN)c1. The summed E-state index contributed by atoms with van der Waals surface area (Å²) in [6.45, 7) is 3.84. The predicted molar refractivity (Wildman–Crippen MR) is 89.1 cm³/mol. The average molecular weight is 330 g/mol. The van der Waals surface area contributed by atoms with Crippen molar-refractivity contribution in [1.29, 1.82) is 0 Å². The fourth-order valence-corrected chi connectivity index (χ4v) is 2.73. The lowest BCUT2D eigenvalue weighted by atomic mass is 10.2. The molecule has 1 aliphatic rings. The van der Waals surface area contributed by atoms with Gasteiger partial charge in [-0.05, 0) is 24.6 Å². The average Bonchev–Trinajstić information content (AvgIpc) is 3.10. The Hall–Kier alpha value is -2.47. The molecule has 6 nitrogen and oxygen atoms in total. The zero-order chi connectivity index (χ0) is 16.9. The third-order valence-electron chi connectivity index (χ3n) is 3.87. The van der Waals surface area contributed by atoms with Gasteiger partial charge in [0, 0.05) is 6.54 Å². The lowest BCUT2D eigenvalue weighted by molar-refractivity contribution is 0.0462. The molecule has 0 fully saturated rings. The van der Waals surface area contributed by atoms with E-state index in [1.807, 2.05) is 31.2 Å². The van der Waals surface area contributed by atoms with E-state index in [0.717, 1.165) is 12.2 Å². The first-order valence-electron chi connectivity index (χ1n) is 8.16. The highest BCUT2D eigenvalue weighted by Gasteiger charge is 2.26. The molecule has 1 aromatic carbocycles. The quantitative estimate of drug-likeness (QED) is 0.880. The Morgan fingerprint density at radius 3 is 2.83 bits per heavy atom. The van der Waals surface area contributed by atoms with E-state index in [4.69, 9.17) is 19.6 Å². The molecule has 0 saturated carbocycles. The molecule has 1 amide bonds. The highest BCUT2D eigenvalue weighted by Crippen LogP contribution is 2.31. The summed E-state index contributed by atoms with van der Waals surface area (Å²) in [7, 11) is 0. The van der Waals surface area contributed by atoms with Gasteiger partial charge < -0.3 is 24.5 Å². The second kappa shape index (κ2) is 7.40. The number of nitrogens with zero attached hydrogens (tertiary/aromatic N) is 1. The topological polar surface area (TPSA) is 77.9 Å². The summed E-state index contributed by atoms with van der Waals surface area (Å²) in [5.41, 5.74) is 6.05. The summed E-state index contributed by atoms with van der Waals surface area (Å²) in [5.74, 6) is 1.97. The third-order valence-corrected chi connectivity index (χ3v) is 3.87. The van der Waals surface area contributed by atoms with Crippen LogP contribution in [0.25, 0.3) is 0 Å². The second-order valence-electron chi connectivity index (χ2n) is 5.75. The van der Waals surface area contributed by atoms with E-state index < -0.39 is 0 Å². The van der Waals surface area contributed by atoms with Crippen molar-refractivity contribution >= 4 is 5.91 Å². The van der Waals surface area contributed by atoms with Crippen LogP contribution in [-0.2, 0) is 6.54 Å². The van der Waals surface area contributed by atoms with Crippen LogP contribution in [-0.4, -0.2) is 36.6 Å². The van der Waals surface area contributed by atoms with Gasteiger partial charge in [-0.25, -0.2) is 0 Å². The molecule has 0 spiro atoms. The van der Waals surface area contributed by atoms with Crippen LogP contribution in [0, 0.1) is 0 Å². The minimum absolute atomic E-state index is 0.0808. The number of ether oxygens (including phenoxy) is 2. The number of hydrogen-bond acceptors (Lipinski definition) is 5. The minimum atomic E-state index is -0.198. The Balaban J connectivity index is 1.69. The van der Waals surface area contributed by atoms with Crippen LogP contribution in [0.3, 0.4) is 0 Å². The van der Waals surface area contributed by atoms with Gasteiger partial charge in [-0.2, -0.15) is 0 Å². The Morgan fingerprint density at radius 1 is 1.33 bits per heavy atom. The molecule has 3 rings (SSSR count). The van der Waals surface area contributed by atoms with Crippen molar-refractivity contribution < 1.29 is 18.7 Å². The van der Waals surface area contributed by atoms with Crippen LogP contribution in [0.5, 0.6) is 11.5 Å². The molecular formula is C18H22N2O4. The van der Waals surface area contributed by atoms with Gasteiger partial charge in [0.25, 0.3) is 5.91 Å². The number of para-hydroxylation sites is 2. The van der Waals surface area contributed by atoms with Crippen LogP contribution in [0.4, 0.5) is 0 Å². The summed E-state index contributed by atoms with van der Waals surface area (Å²) < 4.78 is 17.0. The van der Waals surface area contributed by atoms with Gasteiger partial charge >= 0.3 is 0 Å². The highest BCUT2D eigenvalue weighted by atomic mass is 16.6. The van der Waals surface area contributed by atoms with Crippen molar-refractivity contribution in [1.82, 2.24) is 4.90 Å². The monoisotopic (exact) mass is 330 g/mol. The van der Waals surface area contributed by atoms with Gasteiger partial charge in [0.2, 0.25) is 0 Å². The Kier molecular flexibility index (Phi) is 5.05. The van der Waals surface area contributed by atoms with E-state index >= 15 is 0 Å². The van der Waals surface area contributed by atoms with Gasteiger partial charge in [-0.15, -0.1) is 0 Å². The minimum Gasteiger partial charge on any atom is -0.486 e. The second-order valence-corrected chi connectivity index (χ2v) is 5.75. The van der Waals surface area contributed by atoms with Crippen LogP contribution in [0.2, 0.25) is 0 Å². The fraction of sp³-hybridized carbons (Fsp3) is 0.389. The Labute approximate surface area is 141 Å². The Bertz CT molecular complexity index is 698. The number of carbonyl (C=O) groups excluding carboxylic acids is 1. The first-order valence-corrected chi connectivity index (χ1v) is 8.16. The molecular weight excluding hydrogens is 308 g/mol. The maximum Gasteiger partial charge on any atom is 0.257 e. The van der Waals surface area contributed by atoms with Crippen LogP contribution in [0.15, 0.2) is 41.0 Å². The number of nitrogens with two attached hydrogens (primary N) is 1. The van der Waals surface area contributed by atoms with Crippen LogP contribution in [0.1, 0.15) is 29.5 Å². The van der Waals surface area contributed by atoms with E-state index in [1.165, 1.54) is 6.26 Å². The molecule has 1 aliphatic heterocycles. The molecule has 24 heavy (non-hydrogen) atoms. The van der Waals surface area contributed by atoms with Crippen molar-refractivity contribution in [2.45, 2.75) is 26.0 Å². The number of benzene rings is 1. The molecule has 0 saturated heterocycles. The van der Waals surface area contributed by atoms with E-state index in [1.54, 1.807) is 11.0 Å². The molecule has 2 heterocycles. The first kappa shape index (κ1) is 16.4. The van der Waals surface area contributed by atoms with Crippen molar-refractivity contribution in [3.8, 4) is 11.5 Å². The van der Waals surface area contributed by atoms with Crippen LogP contribution >= 0.6 is 0 Å². The van der Waals surface area contributed by atoms with Gasteiger partial charge in [0.1, 0.15) is 18.6 Å². The number of fused-ring (bicyclic) bond motifs is 1. The molecule has 1 atom stereocenters. The zero-order valence-corrected chi connectivity index (χ0v) is 13.7. The van der Waals surface area contributed by atoms with Gasteiger partial charge in [0.15, 0.2) is 17.6 Å².